The summed E-state index contributed by atoms with van der Waals surface area (Å²) in [5, 5.41) is 0. The van der Waals surface area contributed by atoms with Gasteiger partial charge in [-0.15, -0.1) is 11.6 Å². The molecule has 0 amide bonds. The molecule has 2 rings (SSSR count). The fraction of sp³-hybridized carbons (Fsp3) is 0.364. The Morgan fingerprint density at radius 1 is 1.50 bits per heavy atom. The van der Waals surface area contributed by atoms with Crippen molar-refractivity contribution in [2.45, 2.75) is 12.8 Å². The Balaban J connectivity index is 2.16. The molecule has 0 radical (unpaired) electrons. The van der Waals surface area contributed by atoms with Crippen molar-refractivity contribution < 1.29 is 9.53 Å². The van der Waals surface area contributed by atoms with Gasteiger partial charge in [-0.05, 0) is 17.2 Å². The molecular weight excluding hydrogens is 200 g/mol. The molecule has 0 unspecified atom stereocenters. The average Bonchev–Trinajstić information content (AvgIpc) is 2.64. The summed E-state index contributed by atoms with van der Waals surface area (Å²) in [7, 11) is 0. The number of ketones is 1. The highest BCUT2D eigenvalue weighted by molar-refractivity contribution is 6.27. The Hall–Kier alpha value is -1.02. The van der Waals surface area contributed by atoms with E-state index < -0.39 is 0 Å². The van der Waals surface area contributed by atoms with E-state index in [4.69, 9.17) is 16.3 Å². The predicted molar refractivity (Wildman–Crippen MR) is 55.1 cm³/mol. The van der Waals surface area contributed by atoms with E-state index in [9.17, 15) is 4.79 Å². The van der Waals surface area contributed by atoms with Crippen LogP contribution in [0, 0.1) is 0 Å². The van der Waals surface area contributed by atoms with Crippen molar-refractivity contribution in [1.29, 1.82) is 0 Å². The molecule has 0 aliphatic carbocycles. The van der Waals surface area contributed by atoms with Gasteiger partial charge < -0.3 is 4.74 Å². The molecule has 0 atom stereocenters. The van der Waals surface area contributed by atoms with E-state index in [2.05, 4.69) is 0 Å². The number of Topliss-reactive ketones (excluding diaryl/α,β-unsaturated/α-hetero) is 1. The molecule has 0 N–H and O–H groups in total. The Labute approximate surface area is 87.8 Å². The third-order valence-corrected chi connectivity index (χ3v) is 2.60. The zero-order valence-corrected chi connectivity index (χ0v) is 8.51. The predicted octanol–water partition coefficient (Wildman–Crippen LogP) is 1.97. The fourth-order valence-electron chi connectivity index (χ4n) is 1.62. The average molecular weight is 211 g/mol. The molecule has 3 heteroatoms. The number of hydrogen-bond donors (Lipinski definition) is 0. The minimum atomic E-state index is 0.0607. The molecule has 0 spiro atoms. The van der Waals surface area contributed by atoms with Crippen LogP contribution in [0.5, 0.6) is 5.75 Å². The summed E-state index contributed by atoms with van der Waals surface area (Å²) in [5.41, 5.74) is 2.23. The number of rotatable bonds is 3. The van der Waals surface area contributed by atoms with Crippen LogP contribution in [-0.2, 0) is 17.6 Å². The number of hydrogen-bond acceptors (Lipinski definition) is 2. The van der Waals surface area contributed by atoms with Gasteiger partial charge in [0.2, 0.25) is 0 Å². The van der Waals surface area contributed by atoms with Crippen molar-refractivity contribution in [3.05, 3.63) is 29.3 Å². The molecule has 2 nitrogen and oxygen atoms in total. The largest absolute Gasteiger partial charge is 0.493 e. The fourth-order valence-corrected chi connectivity index (χ4v) is 1.72. The first-order chi connectivity index (χ1) is 6.79. The van der Waals surface area contributed by atoms with Crippen LogP contribution in [0.2, 0.25) is 0 Å². The molecule has 1 heterocycles. The molecule has 14 heavy (non-hydrogen) atoms. The van der Waals surface area contributed by atoms with Crippen LogP contribution >= 0.6 is 11.6 Å². The quantitative estimate of drug-likeness (QED) is 0.714. The summed E-state index contributed by atoms with van der Waals surface area (Å²) in [6.45, 7) is 0.752. The van der Waals surface area contributed by atoms with E-state index >= 15 is 0 Å². The number of ether oxygens (including phenoxy) is 1. The summed E-state index contributed by atoms with van der Waals surface area (Å²) in [6.07, 6.45) is 1.37. The molecule has 74 valence electrons. The van der Waals surface area contributed by atoms with Crippen molar-refractivity contribution in [3.63, 3.8) is 0 Å². The molecule has 0 fully saturated rings. The normalized spacial score (nSPS) is 13.5. The van der Waals surface area contributed by atoms with E-state index in [1.165, 1.54) is 5.56 Å². The smallest absolute Gasteiger partial charge is 0.151 e. The molecule has 1 aromatic rings. The molecule has 0 bridgehead atoms. The molecule has 1 aromatic carbocycles. The maximum atomic E-state index is 11.1. The maximum absolute atomic E-state index is 11.1. The van der Waals surface area contributed by atoms with Gasteiger partial charge in [-0.2, -0.15) is 0 Å². The lowest BCUT2D eigenvalue weighted by molar-refractivity contribution is -0.116. The van der Waals surface area contributed by atoms with Gasteiger partial charge in [-0.3, -0.25) is 4.79 Å². The first-order valence-corrected chi connectivity index (χ1v) is 5.15. The van der Waals surface area contributed by atoms with Crippen molar-refractivity contribution in [2.75, 3.05) is 12.5 Å². The lowest BCUT2D eigenvalue weighted by Gasteiger charge is -2.02. The van der Waals surface area contributed by atoms with E-state index in [0.29, 0.717) is 6.42 Å². The van der Waals surface area contributed by atoms with Gasteiger partial charge in [-0.1, -0.05) is 12.1 Å². The molecule has 1 aliphatic rings. The highest BCUT2D eigenvalue weighted by Crippen LogP contribution is 2.25. The van der Waals surface area contributed by atoms with Gasteiger partial charge in [0, 0.05) is 12.8 Å². The van der Waals surface area contributed by atoms with Crippen LogP contribution in [0.3, 0.4) is 0 Å². The molecule has 1 aliphatic heterocycles. The van der Waals surface area contributed by atoms with E-state index in [1.807, 2.05) is 18.2 Å². The van der Waals surface area contributed by atoms with Crippen LogP contribution < -0.4 is 4.74 Å². The Morgan fingerprint density at radius 3 is 3.14 bits per heavy atom. The van der Waals surface area contributed by atoms with E-state index in [1.54, 1.807) is 0 Å². The van der Waals surface area contributed by atoms with E-state index in [-0.39, 0.29) is 11.7 Å². The second-order valence-electron chi connectivity index (χ2n) is 3.39. The Bertz CT molecular complexity index is 360. The minimum absolute atomic E-state index is 0.0607. The third-order valence-electron chi connectivity index (χ3n) is 2.30. The highest BCUT2D eigenvalue weighted by Gasteiger charge is 2.12. The van der Waals surface area contributed by atoms with E-state index in [0.717, 1.165) is 24.3 Å². The number of fused-ring (bicyclic) bond motifs is 1. The van der Waals surface area contributed by atoms with Gasteiger partial charge >= 0.3 is 0 Å². The first-order valence-electron chi connectivity index (χ1n) is 4.62. The van der Waals surface area contributed by atoms with Crippen LogP contribution in [0.25, 0.3) is 0 Å². The Morgan fingerprint density at radius 2 is 2.36 bits per heavy atom. The van der Waals surface area contributed by atoms with Gasteiger partial charge in [-0.25, -0.2) is 0 Å². The van der Waals surface area contributed by atoms with Crippen LogP contribution in [-0.4, -0.2) is 18.3 Å². The molecular formula is C11H11ClO2. The van der Waals surface area contributed by atoms with Crippen molar-refractivity contribution in [3.8, 4) is 5.75 Å². The number of alkyl halides is 1. The van der Waals surface area contributed by atoms with Crippen LogP contribution in [0.4, 0.5) is 0 Å². The molecule has 0 saturated heterocycles. The standard InChI is InChI=1S/C11H11ClO2/c12-7-10(13)6-8-1-2-11-9(5-8)3-4-14-11/h1-2,5H,3-4,6-7H2. The summed E-state index contributed by atoms with van der Waals surface area (Å²) < 4.78 is 5.37. The van der Waals surface area contributed by atoms with Crippen LogP contribution in [0.15, 0.2) is 18.2 Å². The topological polar surface area (TPSA) is 26.3 Å². The maximum Gasteiger partial charge on any atom is 0.151 e. The summed E-state index contributed by atoms with van der Waals surface area (Å²) in [4.78, 5) is 11.1. The zero-order valence-electron chi connectivity index (χ0n) is 7.75. The monoisotopic (exact) mass is 210 g/mol. The number of benzene rings is 1. The van der Waals surface area contributed by atoms with Crippen molar-refractivity contribution in [1.82, 2.24) is 0 Å². The highest BCUT2D eigenvalue weighted by atomic mass is 35.5. The first kappa shape index (κ1) is 9.53. The van der Waals surface area contributed by atoms with Crippen molar-refractivity contribution in [2.24, 2.45) is 0 Å². The SMILES string of the molecule is O=C(CCl)Cc1ccc2c(c1)CCO2. The summed E-state index contributed by atoms with van der Waals surface area (Å²) >= 11 is 5.44. The van der Waals surface area contributed by atoms with Gasteiger partial charge in [0.15, 0.2) is 5.78 Å². The van der Waals surface area contributed by atoms with Crippen molar-refractivity contribution >= 4 is 17.4 Å². The summed E-state index contributed by atoms with van der Waals surface area (Å²) in [5.74, 6) is 1.10. The lowest BCUT2D eigenvalue weighted by Crippen LogP contribution is -2.03. The number of halogens is 1. The second-order valence-corrected chi connectivity index (χ2v) is 3.66. The van der Waals surface area contributed by atoms with Gasteiger partial charge in [0.05, 0.1) is 12.5 Å². The van der Waals surface area contributed by atoms with Gasteiger partial charge in [0.25, 0.3) is 0 Å². The lowest BCUT2D eigenvalue weighted by atomic mass is 10.0. The zero-order chi connectivity index (χ0) is 9.97. The molecule has 0 aromatic heterocycles. The van der Waals surface area contributed by atoms with Gasteiger partial charge in [0.1, 0.15) is 5.75 Å². The number of carbonyl (C=O) groups excluding carboxylic acids is 1. The van der Waals surface area contributed by atoms with Crippen LogP contribution in [0.1, 0.15) is 11.1 Å². The minimum Gasteiger partial charge on any atom is -0.493 e. The third kappa shape index (κ3) is 1.90. The number of carbonyl (C=O) groups is 1. The Kier molecular flexibility index (Phi) is 2.73. The second kappa shape index (κ2) is 4.01. The molecule has 0 saturated carbocycles. The summed E-state index contributed by atoms with van der Waals surface area (Å²) in [6, 6.07) is 5.89.